The lowest BCUT2D eigenvalue weighted by atomic mass is 10.1. The Kier molecular flexibility index (Phi) is 3.92. The van der Waals surface area contributed by atoms with E-state index in [0.717, 1.165) is 0 Å². The van der Waals surface area contributed by atoms with Crippen molar-refractivity contribution < 1.29 is 19.4 Å². The van der Waals surface area contributed by atoms with Crippen molar-refractivity contribution in [1.29, 1.82) is 0 Å². The molecule has 1 aromatic carbocycles. The zero-order valence-electron chi connectivity index (χ0n) is 9.34. The van der Waals surface area contributed by atoms with Gasteiger partial charge in [-0.1, -0.05) is 6.92 Å². The third kappa shape index (κ3) is 3.10. The van der Waals surface area contributed by atoms with E-state index in [2.05, 4.69) is 0 Å². The molecular weight excluding hydrogens is 224 g/mol. The molecule has 0 spiro atoms. The molecule has 0 saturated heterocycles. The number of nitrogen functional groups attached to an aromatic ring is 1. The number of hydrogen-bond donors (Lipinski definition) is 3. The lowest BCUT2D eigenvalue weighted by Gasteiger charge is -2.14. The molecule has 1 atom stereocenters. The number of carbonyl (C=O) groups excluding carboxylic acids is 1. The monoisotopic (exact) mass is 238 g/mol. The third-order valence-corrected chi connectivity index (χ3v) is 2.22. The first-order chi connectivity index (χ1) is 7.95. The van der Waals surface area contributed by atoms with Gasteiger partial charge in [-0.3, -0.25) is 4.79 Å². The maximum Gasteiger partial charge on any atom is 0.337 e. The number of rotatable bonds is 5. The van der Waals surface area contributed by atoms with Crippen molar-refractivity contribution in [1.82, 2.24) is 0 Å². The molecule has 92 valence electrons. The van der Waals surface area contributed by atoms with Crippen molar-refractivity contribution in [2.45, 2.75) is 19.4 Å². The first-order valence-corrected chi connectivity index (χ1v) is 5.04. The van der Waals surface area contributed by atoms with E-state index < -0.39 is 18.0 Å². The molecule has 1 rings (SSSR count). The number of carboxylic acid groups (broad SMARTS) is 1. The van der Waals surface area contributed by atoms with Crippen molar-refractivity contribution in [2.24, 2.45) is 5.73 Å². The van der Waals surface area contributed by atoms with Crippen LogP contribution >= 0.6 is 0 Å². The summed E-state index contributed by atoms with van der Waals surface area (Å²) >= 11 is 0. The zero-order valence-corrected chi connectivity index (χ0v) is 9.34. The van der Waals surface area contributed by atoms with Crippen molar-refractivity contribution in [3.63, 3.8) is 0 Å². The Hall–Kier alpha value is -2.24. The minimum Gasteiger partial charge on any atom is -0.481 e. The van der Waals surface area contributed by atoms with Crippen LogP contribution in [0.3, 0.4) is 0 Å². The van der Waals surface area contributed by atoms with Crippen LogP contribution in [-0.4, -0.2) is 23.1 Å². The van der Waals surface area contributed by atoms with Crippen LogP contribution < -0.4 is 16.2 Å². The highest BCUT2D eigenvalue weighted by Crippen LogP contribution is 2.21. The molecule has 0 fully saturated rings. The van der Waals surface area contributed by atoms with Crippen LogP contribution in [0, 0.1) is 0 Å². The van der Waals surface area contributed by atoms with E-state index in [1.54, 1.807) is 6.92 Å². The molecule has 1 aromatic rings. The Morgan fingerprint density at radius 1 is 1.47 bits per heavy atom. The summed E-state index contributed by atoms with van der Waals surface area (Å²) in [6.45, 7) is 1.74. The van der Waals surface area contributed by atoms with E-state index in [9.17, 15) is 9.59 Å². The highest BCUT2D eigenvalue weighted by atomic mass is 16.5. The molecule has 0 bridgehead atoms. The zero-order chi connectivity index (χ0) is 13.0. The van der Waals surface area contributed by atoms with E-state index in [1.165, 1.54) is 18.2 Å². The minimum atomic E-state index is -1.15. The Bertz CT molecular complexity index is 445. The van der Waals surface area contributed by atoms with Crippen LogP contribution in [0.1, 0.15) is 23.7 Å². The van der Waals surface area contributed by atoms with Crippen LogP contribution in [0.5, 0.6) is 5.75 Å². The molecule has 0 aliphatic rings. The lowest BCUT2D eigenvalue weighted by Crippen LogP contribution is -2.33. The minimum absolute atomic E-state index is 0.0678. The van der Waals surface area contributed by atoms with E-state index in [1.807, 2.05) is 0 Å². The number of amides is 1. The second-order valence-electron chi connectivity index (χ2n) is 3.47. The normalized spacial score (nSPS) is 11.8. The summed E-state index contributed by atoms with van der Waals surface area (Å²) in [5.41, 5.74) is 10.7. The summed E-state index contributed by atoms with van der Waals surface area (Å²) in [4.78, 5) is 21.8. The van der Waals surface area contributed by atoms with Gasteiger partial charge in [0.15, 0.2) is 6.10 Å². The summed E-state index contributed by atoms with van der Waals surface area (Å²) < 4.78 is 5.28. The Balaban J connectivity index is 2.96. The first kappa shape index (κ1) is 12.8. The van der Waals surface area contributed by atoms with Gasteiger partial charge < -0.3 is 21.3 Å². The molecule has 0 radical (unpaired) electrons. The number of ether oxygens (including phenoxy) is 1. The number of carbonyl (C=O) groups is 2. The topological polar surface area (TPSA) is 116 Å². The average Bonchev–Trinajstić information content (AvgIpc) is 2.27. The largest absolute Gasteiger partial charge is 0.481 e. The highest BCUT2D eigenvalue weighted by molar-refractivity contribution is 5.94. The van der Waals surface area contributed by atoms with Gasteiger partial charge in [0.2, 0.25) is 0 Å². The maximum absolute atomic E-state index is 11.0. The molecule has 0 aliphatic carbocycles. The fourth-order valence-corrected chi connectivity index (χ4v) is 1.30. The number of hydrogen-bond acceptors (Lipinski definition) is 4. The van der Waals surface area contributed by atoms with Crippen LogP contribution in [0.4, 0.5) is 5.69 Å². The summed E-state index contributed by atoms with van der Waals surface area (Å²) in [7, 11) is 0. The van der Waals surface area contributed by atoms with E-state index in [4.69, 9.17) is 21.3 Å². The first-order valence-electron chi connectivity index (χ1n) is 5.04. The van der Waals surface area contributed by atoms with Gasteiger partial charge in [-0.25, -0.2) is 4.79 Å². The fourth-order valence-electron chi connectivity index (χ4n) is 1.30. The predicted molar refractivity (Wildman–Crippen MR) is 61.7 cm³/mol. The van der Waals surface area contributed by atoms with Crippen LogP contribution in [-0.2, 0) is 4.79 Å². The molecular formula is C11H14N2O4. The number of anilines is 1. The predicted octanol–water partition coefficient (Wildman–Crippen LogP) is 0.610. The average molecular weight is 238 g/mol. The summed E-state index contributed by atoms with van der Waals surface area (Å²) in [5.74, 6) is -1.50. The molecule has 5 N–H and O–H groups in total. The molecule has 6 nitrogen and oxygen atoms in total. The van der Waals surface area contributed by atoms with E-state index >= 15 is 0 Å². The lowest BCUT2D eigenvalue weighted by molar-refractivity contribution is -0.124. The molecule has 17 heavy (non-hydrogen) atoms. The standard InChI is InChI=1S/C11H14N2O4/c1-2-9(10(13)14)17-6-3-4-8(12)7(5-6)11(15)16/h3-5,9H,2,12H2,1H3,(H2,13,14)(H,15,16). The summed E-state index contributed by atoms with van der Waals surface area (Å²) in [6.07, 6.45) is -0.373. The Labute approximate surface area is 98.2 Å². The maximum atomic E-state index is 11.0. The second-order valence-corrected chi connectivity index (χ2v) is 3.47. The van der Waals surface area contributed by atoms with Gasteiger partial charge in [0.1, 0.15) is 5.75 Å². The SMILES string of the molecule is CCC(Oc1ccc(N)c(C(=O)O)c1)C(N)=O. The van der Waals surface area contributed by atoms with Crippen LogP contribution in [0.15, 0.2) is 18.2 Å². The van der Waals surface area contributed by atoms with Gasteiger partial charge in [-0.2, -0.15) is 0 Å². The smallest absolute Gasteiger partial charge is 0.337 e. The van der Waals surface area contributed by atoms with Crippen molar-refractivity contribution in [2.75, 3.05) is 5.73 Å². The Morgan fingerprint density at radius 2 is 2.12 bits per heavy atom. The molecule has 0 heterocycles. The fraction of sp³-hybridized carbons (Fsp3) is 0.273. The number of benzene rings is 1. The number of primary amides is 1. The quantitative estimate of drug-likeness (QED) is 0.650. The number of aromatic carboxylic acids is 1. The molecule has 1 amide bonds. The molecule has 0 aliphatic heterocycles. The van der Waals surface area contributed by atoms with Gasteiger partial charge in [-0.05, 0) is 24.6 Å². The molecule has 1 unspecified atom stereocenters. The van der Waals surface area contributed by atoms with Gasteiger partial charge in [0.05, 0.1) is 5.56 Å². The molecule has 0 aromatic heterocycles. The van der Waals surface area contributed by atoms with Crippen molar-refractivity contribution in [3.8, 4) is 5.75 Å². The third-order valence-electron chi connectivity index (χ3n) is 2.22. The van der Waals surface area contributed by atoms with Gasteiger partial charge in [-0.15, -0.1) is 0 Å². The second kappa shape index (κ2) is 5.20. The van der Waals surface area contributed by atoms with Crippen LogP contribution in [0.25, 0.3) is 0 Å². The van der Waals surface area contributed by atoms with E-state index in [0.29, 0.717) is 6.42 Å². The molecule has 0 saturated carbocycles. The van der Waals surface area contributed by atoms with Gasteiger partial charge in [0, 0.05) is 5.69 Å². The number of nitrogens with two attached hydrogens (primary N) is 2. The summed E-state index contributed by atoms with van der Waals surface area (Å²) in [5, 5.41) is 8.86. The highest BCUT2D eigenvalue weighted by Gasteiger charge is 2.16. The molecule has 6 heteroatoms. The Morgan fingerprint density at radius 3 is 2.59 bits per heavy atom. The summed E-state index contributed by atoms with van der Waals surface area (Å²) in [6, 6.07) is 4.17. The number of carboxylic acids is 1. The van der Waals surface area contributed by atoms with Crippen molar-refractivity contribution in [3.05, 3.63) is 23.8 Å². The van der Waals surface area contributed by atoms with Crippen LogP contribution in [0.2, 0.25) is 0 Å². The van der Waals surface area contributed by atoms with Gasteiger partial charge in [0.25, 0.3) is 5.91 Å². The van der Waals surface area contributed by atoms with Gasteiger partial charge >= 0.3 is 5.97 Å². The van der Waals surface area contributed by atoms with Crippen molar-refractivity contribution >= 4 is 17.6 Å². The van der Waals surface area contributed by atoms with E-state index in [-0.39, 0.29) is 17.0 Å².